The van der Waals surface area contributed by atoms with Gasteiger partial charge in [0.25, 0.3) is 0 Å². The van der Waals surface area contributed by atoms with E-state index in [4.69, 9.17) is 17.2 Å². The molecule has 0 unspecified atom stereocenters. The number of hydrogen-bond acceptors (Lipinski definition) is 6. The molecule has 0 saturated carbocycles. The molecule has 0 saturated heterocycles. The maximum atomic E-state index is 12.6. The fourth-order valence-electron chi connectivity index (χ4n) is 5.06. The van der Waals surface area contributed by atoms with Crippen LogP contribution in [0.3, 0.4) is 0 Å². The summed E-state index contributed by atoms with van der Waals surface area (Å²) in [6, 6.07) is 15.5. The quantitative estimate of drug-likeness (QED) is 0.0477. The van der Waals surface area contributed by atoms with Gasteiger partial charge >= 0.3 is 11.2 Å². The van der Waals surface area contributed by atoms with Crippen molar-refractivity contribution in [2.75, 3.05) is 13.1 Å². The van der Waals surface area contributed by atoms with E-state index in [0.29, 0.717) is 18.6 Å². The zero-order valence-electron chi connectivity index (χ0n) is 30.4. The van der Waals surface area contributed by atoms with Crippen molar-refractivity contribution in [3.63, 3.8) is 0 Å². The number of aromatic nitrogens is 3. The Kier molecular flexibility index (Phi) is 13.8. The van der Waals surface area contributed by atoms with Gasteiger partial charge in [0.15, 0.2) is 5.96 Å². The van der Waals surface area contributed by atoms with Crippen LogP contribution in [0.5, 0.6) is 0 Å². The molecule has 9 nitrogen and oxygen atoms in total. The van der Waals surface area contributed by atoms with Crippen LogP contribution in [-0.4, -0.2) is 45.1 Å². The van der Waals surface area contributed by atoms with E-state index < -0.39 is 5.51 Å². The van der Waals surface area contributed by atoms with Gasteiger partial charge in [-0.25, -0.2) is 4.79 Å². The largest absolute Gasteiger partial charge is 0.446 e. The zero-order valence-corrected chi connectivity index (χ0v) is 31.2. The Labute approximate surface area is 297 Å². The Balaban J connectivity index is 0.000000295. The van der Waals surface area contributed by atoms with Crippen molar-refractivity contribution in [2.24, 2.45) is 22.2 Å². The minimum Gasteiger partial charge on any atom is -0.370 e. The Bertz CT molecular complexity index is 1780. The number of aryl methyl sites for hydroxylation is 1. The highest BCUT2D eigenvalue weighted by molar-refractivity contribution is 8.00. The average molecular weight is 715 g/mol. The van der Waals surface area contributed by atoms with E-state index in [-0.39, 0.29) is 51.2 Å². The van der Waals surface area contributed by atoms with Crippen molar-refractivity contribution in [3.05, 3.63) is 87.6 Å². The van der Waals surface area contributed by atoms with Crippen molar-refractivity contribution >= 4 is 28.8 Å². The van der Waals surface area contributed by atoms with Crippen LogP contribution >= 0.6 is 11.8 Å². The van der Waals surface area contributed by atoms with Gasteiger partial charge in [0.1, 0.15) is 5.65 Å². The SMILES string of the molecule is C[C@@H](N)CCc1cc(SC(F)(F)F)cc(C(C)(C)C)c1.C[C@H](NCCCN=C(N)N)c1ccc(-n2cc3cc(C(C)(C)C)[nH]c3nc2=O)cc1. The summed E-state index contributed by atoms with van der Waals surface area (Å²) in [4.78, 5) is 24.3. The lowest BCUT2D eigenvalue weighted by Crippen LogP contribution is -2.24. The van der Waals surface area contributed by atoms with Crippen molar-refractivity contribution in [2.45, 2.75) is 108 Å². The molecule has 13 heteroatoms. The molecule has 4 aromatic rings. The highest BCUT2D eigenvalue weighted by atomic mass is 32.2. The first kappa shape index (κ1) is 40.6. The molecule has 0 bridgehead atoms. The minimum absolute atomic E-state index is 0.0390. The lowest BCUT2D eigenvalue weighted by Gasteiger charge is -2.21. The van der Waals surface area contributed by atoms with E-state index in [1.807, 2.05) is 64.2 Å². The molecule has 274 valence electrons. The highest BCUT2D eigenvalue weighted by Gasteiger charge is 2.30. The molecule has 2 aromatic carbocycles. The molecule has 0 aliphatic heterocycles. The first-order valence-electron chi connectivity index (χ1n) is 16.8. The number of benzene rings is 2. The summed E-state index contributed by atoms with van der Waals surface area (Å²) < 4.78 is 39.3. The number of nitrogens with two attached hydrogens (primary N) is 3. The van der Waals surface area contributed by atoms with Crippen LogP contribution in [0.1, 0.15) is 96.7 Å². The second kappa shape index (κ2) is 16.9. The van der Waals surface area contributed by atoms with Gasteiger partial charge in [-0.3, -0.25) is 9.56 Å². The molecule has 50 heavy (non-hydrogen) atoms. The summed E-state index contributed by atoms with van der Waals surface area (Å²) in [7, 11) is 0. The van der Waals surface area contributed by atoms with Gasteiger partial charge in [0.2, 0.25) is 0 Å². The van der Waals surface area contributed by atoms with Crippen LogP contribution in [0.15, 0.2) is 69.4 Å². The molecule has 0 aliphatic carbocycles. The third-order valence-corrected chi connectivity index (χ3v) is 8.72. The van der Waals surface area contributed by atoms with E-state index in [0.717, 1.165) is 52.8 Å². The summed E-state index contributed by atoms with van der Waals surface area (Å²) in [5, 5.41) is 4.36. The summed E-state index contributed by atoms with van der Waals surface area (Å²) in [6.07, 6.45) is 4.17. The number of H-pyrrole nitrogens is 1. The zero-order chi connectivity index (χ0) is 37.4. The van der Waals surface area contributed by atoms with Crippen molar-refractivity contribution in [3.8, 4) is 5.69 Å². The number of alkyl halides is 3. The summed E-state index contributed by atoms with van der Waals surface area (Å²) >= 11 is -0.0518. The van der Waals surface area contributed by atoms with Crippen molar-refractivity contribution in [1.29, 1.82) is 0 Å². The van der Waals surface area contributed by atoms with Gasteiger partial charge in [0, 0.05) is 46.2 Å². The predicted octanol–water partition coefficient (Wildman–Crippen LogP) is 7.20. The van der Waals surface area contributed by atoms with Crippen molar-refractivity contribution in [1.82, 2.24) is 19.9 Å². The third-order valence-electron chi connectivity index (χ3n) is 8.02. The standard InChI is InChI=1S/C22H31N7O.C15H22F3NS/c1-14(25-10-5-11-26-20(23)24)15-6-8-17(9-7-15)29-13-16-12-18(22(2,3)4)27-19(16)28-21(29)30;1-10(19)5-6-11-7-12(14(2,3)4)9-13(8-11)20-15(16,17)18/h6-9,12-14,25H,5,10-11H2,1-4H3,(H4,23,24,26)(H,27,28,30);7-10H,5-6,19H2,1-4H3/t14-;10-/m01/s1. The lowest BCUT2D eigenvalue weighted by atomic mass is 9.85. The number of nitrogens with zero attached hydrogens (tertiary/aromatic N) is 3. The smallest absolute Gasteiger partial charge is 0.370 e. The monoisotopic (exact) mass is 714 g/mol. The number of aliphatic imine (C=N–C) groups is 1. The van der Waals surface area contributed by atoms with E-state index >= 15 is 0 Å². The Morgan fingerprint density at radius 3 is 2.22 bits per heavy atom. The van der Waals surface area contributed by atoms with E-state index in [1.54, 1.807) is 16.7 Å². The number of halogens is 3. The van der Waals surface area contributed by atoms with E-state index in [2.05, 4.69) is 54.0 Å². The highest BCUT2D eigenvalue weighted by Crippen LogP contribution is 2.39. The predicted molar refractivity (Wildman–Crippen MR) is 201 cm³/mol. The maximum Gasteiger partial charge on any atom is 0.446 e. The Morgan fingerprint density at radius 2 is 1.66 bits per heavy atom. The summed E-state index contributed by atoms with van der Waals surface area (Å²) in [5.74, 6) is 0.121. The van der Waals surface area contributed by atoms with Crippen LogP contribution in [-0.2, 0) is 17.3 Å². The van der Waals surface area contributed by atoms with Crippen LogP contribution in [0.25, 0.3) is 16.7 Å². The average Bonchev–Trinajstić information content (AvgIpc) is 3.42. The molecule has 0 radical (unpaired) electrons. The first-order chi connectivity index (χ1) is 23.1. The second-order valence-electron chi connectivity index (χ2n) is 14.7. The second-order valence-corrected chi connectivity index (χ2v) is 15.9. The fourth-order valence-corrected chi connectivity index (χ4v) is 5.72. The topological polar surface area (TPSA) is 153 Å². The van der Waals surface area contributed by atoms with Crippen LogP contribution in [0, 0.1) is 0 Å². The van der Waals surface area contributed by atoms with E-state index in [9.17, 15) is 18.0 Å². The molecule has 0 aliphatic rings. The third kappa shape index (κ3) is 12.8. The summed E-state index contributed by atoms with van der Waals surface area (Å²) in [5.41, 5.74) is 17.0. The number of fused-ring (bicyclic) bond motifs is 1. The van der Waals surface area contributed by atoms with Gasteiger partial charge in [-0.1, -0.05) is 59.7 Å². The lowest BCUT2D eigenvalue weighted by molar-refractivity contribution is -0.0328. The molecule has 2 aromatic heterocycles. The molecule has 2 heterocycles. The van der Waals surface area contributed by atoms with Gasteiger partial charge < -0.3 is 27.5 Å². The number of guanidine groups is 1. The number of nitrogens with one attached hydrogen (secondary N) is 2. The number of thioether (sulfide) groups is 1. The number of aromatic amines is 1. The number of hydrogen-bond donors (Lipinski definition) is 5. The molecular weight excluding hydrogens is 662 g/mol. The normalized spacial score (nSPS) is 13.4. The fraction of sp³-hybridized carbons (Fsp3) is 0.486. The van der Waals surface area contributed by atoms with Crippen LogP contribution in [0.4, 0.5) is 13.2 Å². The summed E-state index contributed by atoms with van der Waals surface area (Å²) in [6.45, 7) is 17.8. The molecular formula is C37H53F3N8OS. The Morgan fingerprint density at radius 1 is 1.00 bits per heavy atom. The van der Waals surface area contributed by atoms with Crippen LogP contribution < -0.4 is 28.2 Å². The van der Waals surface area contributed by atoms with Crippen molar-refractivity contribution < 1.29 is 13.2 Å². The molecule has 0 amide bonds. The molecule has 8 N–H and O–H groups in total. The van der Waals surface area contributed by atoms with Gasteiger partial charge in [0.05, 0.1) is 5.69 Å². The maximum absolute atomic E-state index is 12.6. The van der Waals surface area contributed by atoms with Crippen LogP contribution in [0.2, 0.25) is 0 Å². The first-order valence-corrected chi connectivity index (χ1v) is 17.6. The molecule has 4 rings (SSSR count). The molecule has 0 fully saturated rings. The van der Waals surface area contributed by atoms with Gasteiger partial charge in [-0.15, -0.1) is 0 Å². The minimum atomic E-state index is -4.26. The Hall–Kier alpha value is -3.81. The van der Waals surface area contributed by atoms with Gasteiger partial charge in [-0.2, -0.15) is 18.2 Å². The van der Waals surface area contributed by atoms with E-state index in [1.165, 1.54) is 0 Å². The molecule has 2 atom stereocenters. The number of rotatable bonds is 11. The molecule has 0 spiro atoms. The van der Waals surface area contributed by atoms with Gasteiger partial charge in [-0.05, 0) is 104 Å².